The summed E-state index contributed by atoms with van der Waals surface area (Å²) in [4.78, 5) is 11.0. The number of piperidine rings is 1. The third-order valence-electron chi connectivity index (χ3n) is 6.75. The average Bonchev–Trinajstić information content (AvgIpc) is 3.19. The van der Waals surface area contributed by atoms with E-state index in [9.17, 15) is 0 Å². The molecule has 0 aromatic carbocycles. The van der Waals surface area contributed by atoms with Crippen LogP contribution in [0.2, 0.25) is 0 Å². The zero-order valence-electron chi connectivity index (χ0n) is 17.1. The molecule has 5 heterocycles. The van der Waals surface area contributed by atoms with Crippen LogP contribution >= 0.6 is 11.3 Å². The van der Waals surface area contributed by atoms with E-state index in [0.29, 0.717) is 6.04 Å². The SMILES string of the molecule is NC1CCN(c2nnnc3c2sc2nc(N4CCOCC4)c4c(c23)CCCC4)CC1. The van der Waals surface area contributed by atoms with Crippen molar-refractivity contribution >= 4 is 43.4 Å². The average molecular weight is 426 g/mol. The van der Waals surface area contributed by atoms with Crippen LogP contribution in [0, 0.1) is 0 Å². The van der Waals surface area contributed by atoms with E-state index in [2.05, 4.69) is 25.2 Å². The van der Waals surface area contributed by atoms with Crippen molar-refractivity contribution in [1.82, 2.24) is 20.4 Å². The quantitative estimate of drug-likeness (QED) is 0.668. The number of thiophene rings is 1. The summed E-state index contributed by atoms with van der Waals surface area (Å²) in [5.41, 5.74) is 9.95. The summed E-state index contributed by atoms with van der Waals surface area (Å²) in [5.74, 6) is 2.12. The minimum Gasteiger partial charge on any atom is -0.378 e. The van der Waals surface area contributed by atoms with Crippen molar-refractivity contribution in [3.63, 3.8) is 0 Å². The van der Waals surface area contributed by atoms with Crippen molar-refractivity contribution < 1.29 is 4.74 Å². The van der Waals surface area contributed by atoms with Crippen molar-refractivity contribution in [2.45, 2.75) is 44.6 Å². The first-order valence-corrected chi connectivity index (χ1v) is 11.9. The number of aryl methyl sites for hydroxylation is 1. The van der Waals surface area contributed by atoms with Crippen LogP contribution < -0.4 is 15.5 Å². The van der Waals surface area contributed by atoms with Gasteiger partial charge in [0, 0.05) is 37.6 Å². The molecule has 9 heteroatoms. The predicted molar refractivity (Wildman–Crippen MR) is 120 cm³/mol. The van der Waals surface area contributed by atoms with Gasteiger partial charge in [0.1, 0.15) is 20.9 Å². The molecule has 2 N–H and O–H groups in total. The number of nitrogens with two attached hydrogens (primary N) is 1. The molecule has 3 aliphatic rings. The first-order chi connectivity index (χ1) is 14.8. The molecule has 0 saturated carbocycles. The highest BCUT2D eigenvalue weighted by Crippen LogP contribution is 2.43. The molecule has 0 radical (unpaired) electrons. The van der Waals surface area contributed by atoms with Gasteiger partial charge < -0.3 is 20.3 Å². The van der Waals surface area contributed by atoms with Crippen molar-refractivity contribution in [2.24, 2.45) is 5.73 Å². The maximum Gasteiger partial charge on any atom is 0.172 e. The number of fused-ring (bicyclic) bond motifs is 5. The molecule has 0 unspecified atom stereocenters. The molecule has 0 amide bonds. The Morgan fingerprint density at radius 2 is 1.63 bits per heavy atom. The number of morpholine rings is 1. The van der Waals surface area contributed by atoms with E-state index >= 15 is 0 Å². The van der Waals surface area contributed by atoms with Crippen LogP contribution in [0.25, 0.3) is 20.4 Å². The van der Waals surface area contributed by atoms with E-state index in [1.165, 1.54) is 35.2 Å². The molecular weight excluding hydrogens is 398 g/mol. The number of anilines is 2. The lowest BCUT2D eigenvalue weighted by Gasteiger charge is -2.31. The number of hydrogen-bond donors (Lipinski definition) is 1. The van der Waals surface area contributed by atoms with Gasteiger partial charge >= 0.3 is 0 Å². The molecule has 30 heavy (non-hydrogen) atoms. The lowest BCUT2D eigenvalue weighted by molar-refractivity contribution is 0.122. The Labute approximate surface area is 179 Å². The minimum atomic E-state index is 0.290. The Morgan fingerprint density at radius 1 is 0.900 bits per heavy atom. The van der Waals surface area contributed by atoms with Gasteiger partial charge in [0.25, 0.3) is 0 Å². The highest BCUT2D eigenvalue weighted by molar-refractivity contribution is 7.26. The summed E-state index contributed by atoms with van der Waals surface area (Å²) in [5, 5.41) is 14.4. The van der Waals surface area contributed by atoms with Gasteiger partial charge in [-0.3, -0.25) is 0 Å². The van der Waals surface area contributed by atoms with Crippen molar-refractivity contribution in [3.05, 3.63) is 11.1 Å². The molecule has 8 nitrogen and oxygen atoms in total. The topological polar surface area (TPSA) is 93.3 Å². The molecule has 1 aliphatic carbocycles. The highest BCUT2D eigenvalue weighted by Gasteiger charge is 2.28. The molecule has 2 saturated heterocycles. The van der Waals surface area contributed by atoms with Gasteiger partial charge in [0.15, 0.2) is 5.82 Å². The van der Waals surface area contributed by atoms with Crippen molar-refractivity contribution in [1.29, 1.82) is 0 Å². The third-order valence-corrected chi connectivity index (χ3v) is 7.82. The van der Waals surface area contributed by atoms with Gasteiger partial charge in [-0.2, -0.15) is 0 Å². The number of pyridine rings is 1. The van der Waals surface area contributed by atoms with Gasteiger partial charge in [0.05, 0.1) is 13.2 Å². The smallest absolute Gasteiger partial charge is 0.172 e. The first-order valence-electron chi connectivity index (χ1n) is 11.1. The fourth-order valence-corrected chi connectivity index (χ4v) is 6.26. The Balaban J connectivity index is 1.53. The summed E-state index contributed by atoms with van der Waals surface area (Å²) in [6.07, 6.45) is 6.62. The molecule has 158 valence electrons. The molecule has 3 aromatic rings. The number of ether oxygens (including phenoxy) is 1. The van der Waals surface area contributed by atoms with Gasteiger partial charge in [-0.05, 0) is 54.9 Å². The zero-order chi connectivity index (χ0) is 20.1. The minimum absolute atomic E-state index is 0.290. The zero-order valence-corrected chi connectivity index (χ0v) is 18.0. The number of aromatic nitrogens is 4. The van der Waals surface area contributed by atoms with Crippen LogP contribution in [-0.2, 0) is 17.6 Å². The van der Waals surface area contributed by atoms with E-state index in [0.717, 1.165) is 85.9 Å². The van der Waals surface area contributed by atoms with Crippen LogP contribution in [0.5, 0.6) is 0 Å². The second-order valence-corrected chi connectivity index (χ2v) is 9.60. The van der Waals surface area contributed by atoms with Gasteiger partial charge in [-0.15, -0.1) is 21.5 Å². The van der Waals surface area contributed by atoms with Crippen LogP contribution in [0.4, 0.5) is 11.6 Å². The second-order valence-electron chi connectivity index (χ2n) is 8.60. The molecule has 3 aromatic heterocycles. The lowest BCUT2D eigenvalue weighted by Crippen LogP contribution is -2.40. The van der Waals surface area contributed by atoms with Crippen LogP contribution in [0.15, 0.2) is 0 Å². The summed E-state index contributed by atoms with van der Waals surface area (Å²) in [7, 11) is 0. The number of hydrogen-bond acceptors (Lipinski definition) is 9. The number of nitrogens with zero attached hydrogens (tertiary/aromatic N) is 6. The van der Waals surface area contributed by atoms with E-state index in [1.54, 1.807) is 11.3 Å². The maximum absolute atomic E-state index is 6.12. The van der Waals surface area contributed by atoms with Gasteiger partial charge in [0.2, 0.25) is 0 Å². The highest BCUT2D eigenvalue weighted by atomic mass is 32.1. The largest absolute Gasteiger partial charge is 0.378 e. The standard InChI is InChI=1S/C21H27N7OS/c22-13-5-7-27(8-6-13)20-18-17(24-26-25-20)16-14-3-1-2-4-15(14)19(23-21(16)30-18)28-9-11-29-12-10-28/h13H,1-12,22H2. The summed E-state index contributed by atoms with van der Waals surface area (Å²) >= 11 is 1.73. The van der Waals surface area contributed by atoms with Crippen LogP contribution in [-0.4, -0.2) is 65.8 Å². The Hall–Kier alpha value is -2.10. The van der Waals surface area contributed by atoms with Crippen LogP contribution in [0.3, 0.4) is 0 Å². The molecule has 0 spiro atoms. The fraction of sp³-hybridized carbons (Fsp3) is 0.619. The van der Waals surface area contributed by atoms with E-state index in [4.69, 9.17) is 15.5 Å². The summed E-state index contributed by atoms with van der Waals surface area (Å²) < 4.78 is 6.70. The summed E-state index contributed by atoms with van der Waals surface area (Å²) in [6, 6.07) is 0.290. The summed E-state index contributed by atoms with van der Waals surface area (Å²) in [6.45, 7) is 5.23. The maximum atomic E-state index is 6.12. The van der Waals surface area contributed by atoms with Crippen LogP contribution in [0.1, 0.15) is 36.8 Å². The van der Waals surface area contributed by atoms with Crippen molar-refractivity contribution in [2.75, 3.05) is 49.2 Å². The lowest BCUT2D eigenvalue weighted by atomic mass is 9.90. The van der Waals surface area contributed by atoms with Crippen molar-refractivity contribution in [3.8, 4) is 0 Å². The molecule has 0 bridgehead atoms. The third kappa shape index (κ3) is 3.02. The molecule has 2 fully saturated rings. The molecular formula is C21H27N7OS. The number of rotatable bonds is 2. The van der Waals surface area contributed by atoms with Gasteiger partial charge in [-0.1, -0.05) is 0 Å². The molecule has 0 atom stereocenters. The molecule has 2 aliphatic heterocycles. The fourth-order valence-electron chi connectivity index (χ4n) is 5.11. The van der Waals surface area contributed by atoms with E-state index in [1.807, 2.05) is 0 Å². The Kier molecular flexibility index (Phi) is 4.69. The Morgan fingerprint density at radius 3 is 2.43 bits per heavy atom. The molecule has 6 rings (SSSR count). The second kappa shape index (κ2) is 7.55. The first kappa shape index (κ1) is 18.7. The van der Waals surface area contributed by atoms with E-state index < -0.39 is 0 Å². The predicted octanol–water partition coefficient (Wildman–Crippen LogP) is 2.28. The monoisotopic (exact) mass is 425 g/mol. The van der Waals surface area contributed by atoms with E-state index in [-0.39, 0.29) is 0 Å². The Bertz CT molecular complexity index is 1090. The van der Waals surface area contributed by atoms with Gasteiger partial charge in [-0.25, -0.2) is 4.98 Å². The normalized spacial score (nSPS) is 20.8.